The number of benzene rings is 2. The van der Waals surface area contributed by atoms with E-state index in [1.54, 1.807) is 36.3 Å². The number of Topliss-reactive ketones (excluding diaryl/α,β-unsaturated/α-hetero) is 1. The average Bonchev–Trinajstić information content (AvgIpc) is 3.08. The first-order chi connectivity index (χ1) is 12.6. The molecule has 0 bridgehead atoms. The lowest BCUT2D eigenvalue weighted by atomic mass is 9.95. The van der Waals surface area contributed by atoms with Gasteiger partial charge in [-0.1, -0.05) is 30.3 Å². The maximum Gasteiger partial charge on any atom is 0.223 e. The molecule has 1 amide bonds. The van der Waals surface area contributed by atoms with E-state index in [9.17, 15) is 9.59 Å². The Labute approximate surface area is 153 Å². The Morgan fingerprint density at radius 2 is 1.73 bits per heavy atom. The van der Waals surface area contributed by atoms with Crippen LogP contribution in [0.15, 0.2) is 54.6 Å². The van der Waals surface area contributed by atoms with E-state index in [0.717, 1.165) is 5.56 Å². The van der Waals surface area contributed by atoms with Gasteiger partial charge in [-0.05, 0) is 29.8 Å². The molecule has 26 heavy (non-hydrogen) atoms. The Hall–Kier alpha value is -2.66. The molecule has 0 aliphatic carbocycles. The van der Waals surface area contributed by atoms with Gasteiger partial charge in [0.05, 0.1) is 7.11 Å². The Kier molecular flexibility index (Phi) is 5.68. The normalized spacial score (nSPS) is 19.4. The molecule has 0 saturated carbocycles. The van der Waals surface area contributed by atoms with Crippen molar-refractivity contribution in [2.24, 2.45) is 5.73 Å². The number of nitrogens with zero attached hydrogens (tertiary/aromatic N) is 1. The Bertz CT molecular complexity index is 759. The summed E-state index contributed by atoms with van der Waals surface area (Å²) in [6.07, 6.45) is 0.409. The molecule has 1 aliphatic heterocycles. The lowest BCUT2D eigenvalue weighted by Crippen LogP contribution is -2.32. The third-order valence-electron chi connectivity index (χ3n) is 4.92. The SMILES string of the molecule is COc1ccc(C(=O)CCC(=O)N2C[C@@H](N)[C@H](c3ccccc3)C2)cc1. The van der Waals surface area contributed by atoms with Crippen molar-refractivity contribution in [2.45, 2.75) is 24.8 Å². The summed E-state index contributed by atoms with van der Waals surface area (Å²) < 4.78 is 5.09. The van der Waals surface area contributed by atoms with Gasteiger partial charge >= 0.3 is 0 Å². The number of rotatable bonds is 6. The summed E-state index contributed by atoms with van der Waals surface area (Å²) in [5.41, 5.74) is 7.99. The van der Waals surface area contributed by atoms with Gasteiger partial charge in [-0.15, -0.1) is 0 Å². The van der Waals surface area contributed by atoms with Gasteiger partial charge in [0.2, 0.25) is 5.91 Å². The Balaban J connectivity index is 1.54. The van der Waals surface area contributed by atoms with Crippen molar-refractivity contribution in [3.63, 3.8) is 0 Å². The van der Waals surface area contributed by atoms with Crippen LogP contribution >= 0.6 is 0 Å². The minimum absolute atomic E-state index is 0.0132. The molecule has 5 nitrogen and oxygen atoms in total. The van der Waals surface area contributed by atoms with Crippen LogP contribution in [0.1, 0.15) is 34.7 Å². The fourth-order valence-electron chi connectivity index (χ4n) is 3.39. The minimum Gasteiger partial charge on any atom is -0.497 e. The first kappa shape index (κ1) is 18.1. The predicted octanol–water partition coefficient (Wildman–Crippen LogP) is 2.61. The van der Waals surface area contributed by atoms with Crippen LogP contribution in [0.2, 0.25) is 0 Å². The van der Waals surface area contributed by atoms with Crippen molar-refractivity contribution < 1.29 is 14.3 Å². The highest BCUT2D eigenvalue weighted by Gasteiger charge is 2.33. The molecule has 2 aromatic rings. The number of amides is 1. The summed E-state index contributed by atoms with van der Waals surface area (Å²) in [7, 11) is 1.58. The molecule has 0 radical (unpaired) electrons. The molecule has 0 spiro atoms. The number of carbonyl (C=O) groups is 2. The quantitative estimate of drug-likeness (QED) is 0.811. The summed E-state index contributed by atoms with van der Waals surface area (Å²) in [5.74, 6) is 0.804. The molecule has 2 aromatic carbocycles. The molecule has 1 fully saturated rings. The molecule has 1 saturated heterocycles. The van der Waals surface area contributed by atoms with Crippen LogP contribution in [0.3, 0.4) is 0 Å². The number of hydrogen-bond donors (Lipinski definition) is 1. The van der Waals surface area contributed by atoms with Gasteiger partial charge in [0.25, 0.3) is 0 Å². The van der Waals surface area contributed by atoms with Crippen LogP contribution in [0.5, 0.6) is 5.75 Å². The van der Waals surface area contributed by atoms with Crippen LogP contribution in [0, 0.1) is 0 Å². The zero-order chi connectivity index (χ0) is 18.5. The minimum atomic E-state index is -0.0707. The highest BCUT2D eigenvalue weighted by atomic mass is 16.5. The third-order valence-corrected chi connectivity index (χ3v) is 4.92. The maximum absolute atomic E-state index is 12.5. The second-order valence-electron chi connectivity index (χ2n) is 6.63. The largest absolute Gasteiger partial charge is 0.497 e. The topological polar surface area (TPSA) is 72.6 Å². The number of nitrogens with two attached hydrogens (primary N) is 1. The fourth-order valence-corrected chi connectivity index (χ4v) is 3.39. The highest BCUT2D eigenvalue weighted by Crippen LogP contribution is 2.27. The molecule has 1 aliphatic rings. The van der Waals surface area contributed by atoms with E-state index >= 15 is 0 Å². The smallest absolute Gasteiger partial charge is 0.223 e. The first-order valence-corrected chi connectivity index (χ1v) is 8.84. The number of ketones is 1. The van der Waals surface area contributed by atoms with Crippen molar-refractivity contribution in [1.29, 1.82) is 0 Å². The summed E-state index contributed by atoms with van der Waals surface area (Å²) >= 11 is 0. The van der Waals surface area contributed by atoms with Gasteiger partial charge in [0.15, 0.2) is 5.78 Å². The van der Waals surface area contributed by atoms with Gasteiger partial charge in [0, 0.05) is 43.5 Å². The van der Waals surface area contributed by atoms with Gasteiger partial charge < -0.3 is 15.4 Å². The van der Waals surface area contributed by atoms with Crippen LogP contribution in [0.4, 0.5) is 0 Å². The maximum atomic E-state index is 12.5. The molecule has 1 heterocycles. The van der Waals surface area contributed by atoms with E-state index in [1.165, 1.54) is 0 Å². The molecular formula is C21H24N2O3. The molecule has 2 atom stereocenters. The van der Waals surface area contributed by atoms with Crippen molar-refractivity contribution in [3.05, 3.63) is 65.7 Å². The van der Waals surface area contributed by atoms with E-state index < -0.39 is 0 Å². The zero-order valence-electron chi connectivity index (χ0n) is 14.9. The van der Waals surface area contributed by atoms with Crippen LogP contribution < -0.4 is 10.5 Å². The molecule has 136 valence electrons. The van der Waals surface area contributed by atoms with Crippen LogP contribution in [-0.4, -0.2) is 42.8 Å². The second kappa shape index (κ2) is 8.15. The van der Waals surface area contributed by atoms with Crippen LogP contribution in [0.25, 0.3) is 0 Å². The number of carbonyl (C=O) groups excluding carboxylic acids is 2. The second-order valence-corrected chi connectivity index (χ2v) is 6.63. The third kappa shape index (κ3) is 4.11. The lowest BCUT2D eigenvalue weighted by molar-refractivity contribution is -0.130. The van der Waals surface area contributed by atoms with E-state index in [4.69, 9.17) is 10.5 Å². The van der Waals surface area contributed by atoms with Crippen molar-refractivity contribution in [1.82, 2.24) is 4.90 Å². The zero-order valence-corrected chi connectivity index (χ0v) is 14.9. The van der Waals surface area contributed by atoms with Crippen molar-refractivity contribution >= 4 is 11.7 Å². The first-order valence-electron chi connectivity index (χ1n) is 8.84. The predicted molar refractivity (Wildman–Crippen MR) is 100 cm³/mol. The summed E-state index contributed by atoms with van der Waals surface area (Å²) in [6, 6.07) is 16.9. The molecular weight excluding hydrogens is 328 g/mol. The van der Waals surface area contributed by atoms with E-state index in [-0.39, 0.29) is 36.5 Å². The molecule has 5 heteroatoms. The summed E-state index contributed by atoms with van der Waals surface area (Å²) in [4.78, 5) is 26.6. The number of ether oxygens (including phenoxy) is 1. The number of methoxy groups -OCH3 is 1. The Morgan fingerprint density at radius 1 is 1.04 bits per heavy atom. The van der Waals surface area contributed by atoms with Crippen LogP contribution in [-0.2, 0) is 4.79 Å². The molecule has 0 unspecified atom stereocenters. The van der Waals surface area contributed by atoms with E-state index in [2.05, 4.69) is 0 Å². The van der Waals surface area contributed by atoms with Crippen molar-refractivity contribution in [2.75, 3.05) is 20.2 Å². The molecule has 3 rings (SSSR count). The number of hydrogen-bond acceptors (Lipinski definition) is 4. The van der Waals surface area contributed by atoms with Gasteiger partial charge in [-0.2, -0.15) is 0 Å². The molecule has 0 aromatic heterocycles. The summed E-state index contributed by atoms with van der Waals surface area (Å²) in [5, 5.41) is 0. The lowest BCUT2D eigenvalue weighted by Gasteiger charge is -2.16. The molecule has 2 N–H and O–H groups in total. The number of likely N-dealkylation sites (tertiary alicyclic amines) is 1. The van der Waals surface area contributed by atoms with Gasteiger partial charge in [-0.25, -0.2) is 0 Å². The van der Waals surface area contributed by atoms with Gasteiger partial charge in [0.1, 0.15) is 5.75 Å². The van der Waals surface area contributed by atoms with E-state index in [0.29, 0.717) is 24.4 Å². The fraction of sp³-hybridized carbons (Fsp3) is 0.333. The average molecular weight is 352 g/mol. The van der Waals surface area contributed by atoms with Crippen molar-refractivity contribution in [3.8, 4) is 5.75 Å². The standard InChI is InChI=1S/C21H24N2O3/c1-26-17-9-7-16(8-10-17)20(24)11-12-21(25)23-13-18(19(22)14-23)15-5-3-2-4-6-15/h2-10,18-19H,11-14,22H2,1H3/t18-,19+/m0/s1. The van der Waals surface area contributed by atoms with E-state index in [1.807, 2.05) is 30.3 Å². The monoisotopic (exact) mass is 352 g/mol. The summed E-state index contributed by atoms with van der Waals surface area (Å²) in [6.45, 7) is 1.15. The highest BCUT2D eigenvalue weighted by molar-refractivity contribution is 5.98. The van der Waals surface area contributed by atoms with Gasteiger partial charge in [-0.3, -0.25) is 9.59 Å². The Morgan fingerprint density at radius 3 is 2.38 bits per heavy atom.